The van der Waals surface area contributed by atoms with Crippen LogP contribution in [0.1, 0.15) is 12.8 Å². The quantitative estimate of drug-likeness (QED) is 0.841. The zero-order chi connectivity index (χ0) is 14.1. The fraction of sp³-hybridized carbons (Fsp3) is 0.647. The molecule has 2 fully saturated rings. The Bertz CT molecular complexity index is 434. The summed E-state index contributed by atoms with van der Waals surface area (Å²) in [5.74, 6) is 2.31. The first-order valence-corrected chi connectivity index (χ1v) is 7.72. The molecule has 1 aromatic rings. The van der Waals surface area contributed by atoms with Crippen LogP contribution in [0.25, 0.3) is 0 Å². The second-order valence-electron chi connectivity index (χ2n) is 6.65. The molecule has 0 aromatic heterocycles. The van der Waals surface area contributed by atoms with Gasteiger partial charge in [0.15, 0.2) is 0 Å². The molecule has 0 N–H and O–H groups in total. The number of rotatable bonds is 3. The minimum Gasteiger partial charge on any atom is -0.490 e. The zero-order valence-electron chi connectivity index (χ0n) is 12.8. The van der Waals surface area contributed by atoms with Crippen LogP contribution in [0.2, 0.25) is 0 Å². The van der Waals surface area contributed by atoms with Crippen molar-refractivity contribution in [3.63, 3.8) is 0 Å². The van der Waals surface area contributed by atoms with Gasteiger partial charge in [-0.15, -0.1) is 0 Å². The van der Waals surface area contributed by atoms with Gasteiger partial charge in [-0.25, -0.2) is 0 Å². The van der Waals surface area contributed by atoms with Gasteiger partial charge in [-0.1, -0.05) is 18.2 Å². The molecule has 3 nitrogen and oxygen atoms in total. The molecule has 1 aromatic carbocycles. The van der Waals surface area contributed by atoms with E-state index in [4.69, 9.17) is 4.74 Å². The van der Waals surface area contributed by atoms with Crippen molar-refractivity contribution in [3.05, 3.63) is 30.3 Å². The van der Waals surface area contributed by atoms with Crippen molar-refractivity contribution < 1.29 is 4.74 Å². The van der Waals surface area contributed by atoms with Crippen LogP contribution in [0, 0.1) is 11.8 Å². The molecular formula is C17H26N2O. The predicted octanol–water partition coefficient (Wildman–Crippen LogP) is 2.34. The highest BCUT2D eigenvalue weighted by Crippen LogP contribution is 2.38. The summed E-state index contributed by atoms with van der Waals surface area (Å²) in [5, 5.41) is 0. The van der Waals surface area contributed by atoms with Crippen molar-refractivity contribution in [1.29, 1.82) is 0 Å². The molecule has 1 aliphatic carbocycles. The normalized spacial score (nSPS) is 34.2. The smallest absolute Gasteiger partial charge is 0.119 e. The maximum absolute atomic E-state index is 6.40. The monoisotopic (exact) mass is 274 g/mol. The van der Waals surface area contributed by atoms with Crippen LogP contribution in [0.5, 0.6) is 5.75 Å². The molecule has 110 valence electrons. The second kappa shape index (κ2) is 5.74. The Hall–Kier alpha value is -1.06. The van der Waals surface area contributed by atoms with Crippen LogP contribution < -0.4 is 4.74 Å². The topological polar surface area (TPSA) is 15.7 Å². The summed E-state index contributed by atoms with van der Waals surface area (Å²) >= 11 is 0. The predicted molar refractivity (Wildman–Crippen MR) is 82.0 cm³/mol. The largest absolute Gasteiger partial charge is 0.490 e. The fourth-order valence-corrected chi connectivity index (χ4v) is 4.07. The Morgan fingerprint density at radius 3 is 2.55 bits per heavy atom. The second-order valence-corrected chi connectivity index (χ2v) is 6.65. The molecule has 20 heavy (non-hydrogen) atoms. The maximum atomic E-state index is 6.40. The number of hydrogen-bond donors (Lipinski definition) is 0. The average Bonchev–Trinajstić information content (AvgIpc) is 2.41. The number of piperidine rings is 1. The number of fused-ring (bicyclic) bond motifs is 2. The SMILES string of the molecule is CN1CC2CC[C@@H](N(C)C)C(C1)[C@H]2Oc1ccccc1. The Morgan fingerprint density at radius 1 is 1.10 bits per heavy atom. The van der Waals surface area contributed by atoms with Gasteiger partial charge < -0.3 is 14.5 Å². The van der Waals surface area contributed by atoms with Crippen molar-refractivity contribution in [1.82, 2.24) is 9.80 Å². The van der Waals surface area contributed by atoms with E-state index in [0.29, 0.717) is 24.0 Å². The molecule has 1 saturated carbocycles. The number of para-hydroxylation sites is 1. The van der Waals surface area contributed by atoms with Gasteiger partial charge in [-0.3, -0.25) is 0 Å². The van der Waals surface area contributed by atoms with Gasteiger partial charge in [0.2, 0.25) is 0 Å². The fourth-order valence-electron chi connectivity index (χ4n) is 4.07. The molecule has 1 heterocycles. The highest BCUT2D eigenvalue weighted by molar-refractivity contribution is 5.22. The van der Waals surface area contributed by atoms with E-state index in [1.807, 2.05) is 6.07 Å². The highest BCUT2D eigenvalue weighted by Gasteiger charge is 2.45. The van der Waals surface area contributed by atoms with Gasteiger partial charge in [-0.2, -0.15) is 0 Å². The van der Waals surface area contributed by atoms with Gasteiger partial charge in [0.1, 0.15) is 11.9 Å². The first-order chi connectivity index (χ1) is 9.65. The Kier molecular flexibility index (Phi) is 3.99. The molecule has 0 spiro atoms. The van der Waals surface area contributed by atoms with Crippen LogP contribution in [0.3, 0.4) is 0 Å². The van der Waals surface area contributed by atoms with Gasteiger partial charge >= 0.3 is 0 Å². The van der Waals surface area contributed by atoms with Crippen LogP contribution in [-0.4, -0.2) is 56.2 Å². The molecule has 0 amide bonds. The zero-order valence-corrected chi connectivity index (χ0v) is 12.8. The van der Waals surface area contributed by atoms with E-state index in [1.54, 1.807) is 0 Å². The lowest BCUT2D eigenvalue weighted by Gasteiger charge is -2.51. The number of hydrogen-bond acceptors (Lipinski definition) is 3. The maximum Gasteiger partial charge on any atom is 0.119 e. The van der Waals surface area contributed by atoms with Crippen molar-refractivity contribution in [2.45, 2.75) is 25.0 Å². The lowest BCUT2D eigenvalue weighted by molar-refractivity contribution is -0.0622. The number of ether oxygens (including phenoxy) is 1. The summed E-state index contributed by atoms with van der Waals surface area (Å²) in [6, 6.07) is 11.0. The van der Waals surface area contributed by atoms with Crippen molar-refractivity contribution in [2.24, 2.45) is 11.8 Å². The summed E-state index contributed by atoms with van der Waals surface area (Å²) in [7, 11) is 6.66. The minimum absolute atomic E-state index is 0.370. The van der Waals surface area contributed by atoms with Crippen LogP contribution >= 0.6 is 0 Å². The molecule has 1 aliphatic heterocycles. The average molecular weight is 274 g/mol. The molecule has 3 rings (SSSR count). The summed E-state index contributed by atoms with van der Waals surface area (Å²) in [4.78, 5) is 4.87. The van der Waals surface area contributed by atoms with Gasteiger partial charge in [-0.05, 0) is 46.1 Å². The molecule has 0 radical (unpaired) electrons. The summed E-state index contributed by atoms with van der Waals surface area (Å²) in [6.07, 6.45) is 2.96. The van der Waals surface area contributed by atoms with Gasteiger partial charge in [0.05, 0.1) is 0 Å². The van der Waals surface area contributed by atoms with Crippen LogP contribution in [0.15, 0.2) is 30.3 Å². The molecular weight excluding hydrogens is 248 g/mol. The number of benzene rings is 1. The van der Waals surface area contributed by atoms with E-state index in [2.05, 4.69) is 55.2 Å². The highest BCUT2D eigenvalue weighted by atomic mass is 16.5. The van der Waals surface area contributed by atoms with Crippen molar-refractivity contribution in [2.75, 3.05) is 34.2 Å². The minimum atomic E-state index is 0.370. The van der Waals surface area contributed by atoms with E-state index >= 15 is 0 Å². The molecule has 2 aliphatic rings. The Balaban J connectivity index is 1.81. The van der Waals surface area contributed by atoms with E-state index in [9.17, 15) is 0 Å². The van der Waals surface area contributed by atoms with E-state index in [0.717, 1.165) is 12.3 Å². The van der Waals surface area contributed by atoms with E-state index in [-0.39, 0.29) is 0 Å². The van der Waals surface area contributed by atoms with E-state index in [1.165, 1.54) is 19.4 Å². The number of nitrogens with zero attached hydrogens (tertiary/aromatic N) is 2. The van der Waals surface area contributed by atoms with Crippen molar-refractivity contribution >= 4 is 0 Å². The third-order valence-electron chi connectivity index (χ3n) is 4.96. The first kappa shape index (κ1) is 13.9. The van der Waals surface area contributed by atoms with Crippen LogP contribution in [-0.2, 0) is 0 Å². The summed E-state index contributed by atoms with van der Waals surface area (Å²) in [5.41, 5.74) is 0. The summed E-state index contributed by atoms with van der Waals surface area (Å²) < 4.78 is 6.40. The lowest BCUT2D eigenvalue weighted by atomic mass is 9.72. The third kappa shape index (κ3) is 2.70. The Labute approximate surface area is 122 Å². The first-order valence-electron chi connectivity index (χ1n) is 7.72. The standard InChI is InChI=1S/C17H26N2O/c1-18(2)16-10-9-13-11-19(3)12-15(16)17(13)20-14-7-5-4-6-8-14/h4-8,13,15-17H,9-12H2,1-3H3/t13?,15?,16-,17+/m1/s1. The number of likely N-dealkylation sites (tertiary alicyclic amines) is 1. The molecule has 2 unspecified atom stereocenters. The molecule has 2 bridgehead atoms. The van der Waals surface area contributed by atoms with Gasteiger partial charge in [0, 0.05) is 31.0 Å². The summed E-state index contributed by atoms with van der Waals surface area (Å²) in [6.45, 7) is 2.32. The molecule has 4 atom stereocenters. The molecule has 1 saturated heterocycles. The third-order valence-corrected chi connectivity index (χ3v) is 4.96. The van der Waals surface area contributed by atoms with Crippen LogP contribution in [0.4, 0.5) is 0 Å². The van der Waals surface area contributed by atoms with Gasteiger partial charge in [0.25, 0.3) is 0 Å². The Morgan fingerprint density at radius 2 is 1.85 bits per heavy atom. The van der Waals surface area contributed by atoms with E-state index < -0.39 is 0 Å². The molecule has 3 heteroatoms. The van der Waals surface area contributed by atoms with Crippen molar-refractivity contribution in [3.8, 4) is 5.75 Å². The lowest BCUT2D eigenvalue weighted by Crippen LogP contribution is -2.60.